The topological polar surface area (TPSA) is 20.8 Å². The van der Waals surface area contributed by atoms with Crippen LogP contribution in [0.3, 0.4) is 0 Å². The van der Waals surface area contributed by atoms with Crippen LogP contribution < -0.4 is 4.90 Å². The molecule has 0 spiro atoms. The molecule has 0 radical (unpaired) electrons. The third-order valence-electron chi connectivity index (χ3n) is 11.7. The predicted molar refractivity (Wildman–Crippen MR) is 239 cm³/mol. The van der Waals surface area contributed by atoms with E-state index in [1.807, 2.05) is 0 Å². The van der Waals surface area contributed by atoms with E-state index in [0.29, 0.717) is 0 Å². The van der Waals surface area contributed by atoms with E-state index < -0.39 is 0 Å². The number of hydrogen-bond donors (Lipinski definition) is 0. The molecule has 0 aliphatic rings. The fourth-order valence-corrected chi connectivity index (χ4v) is 9.01. The second-order valence-electron chi connectivity index (χ2n) is 14.9. The Kier molecular flexibility index (Phi) is 6.93. The number of hydrogen-bond acceptors (Lipinski definition) is 2. The quantitative estimate of drug-likeness (QED) is 0.170. The minimum atomic E-state index is 0.860. The van der Waals surface area contributed by atoms with Gasteiger partial charge in [-0.05, 0) is 100 Å². The highest BCUT2D eigenvalue weighted by atomic mass is 16.3. The van der Waals surface area contributed by atoms with Crippen molar-refractivity contribution < 1.29 is 4.42 Å². The van der Waals surface area contributed by atoms with E-state index >= 15 is 0 Å². The molecule has 0 unspecified atom stereocenters. The van der Waals surface area contributed by atoms with E-state index in [-0.39, 0.29) is 0 Å². The van der Waals surface area contributed by atoms with Crippen LogP contribution >= 0.6 is 0 Å². The molecule has 3 nitrogen and oxygen atoms in total. The van der Waals surface area contributed by atoms with Crippen LogP contribution in [0.2, 0.25) is 0 Å². The summed E-state index contributed by atoms with van der Waals surface area (Å²) in [6.45, 7) is 0. The van der Waals surface area contributed by atoms with Crippen molar-refractivity contribution in [3.05, 3.63) is 206 Å². The molecule has 12 rings (SSSR count). The number of aromatic nitrogens is 1. The Hall–Kier alpha value is -7.62. The Balaban J connectivity index is 0.952. The molecule has 0 aliphatic carbocycles. The molecule has 0 saturated heterocycles. The van der Waals surface area contributed by atoms with E-state index in [1.165, 1.54) is 71.5 Å². The smallest absolute Gasteiger partial charge is 0.137 e. The van der Waals surface area contributed by atoms with Crippen molar-refractivity contribution >= 4 is 77.1 Å². The summed E-state index contributed by atoms with van der Waals surface area (Å²) in [6, 6.07) is 74.2. The molecular weight excluding hydrogens is 693 g/mol. The van der Waals surface area contributed by atoms with Crippen molar-refractivity contribution in [1.82, 2.24) is 4.40 Å². The average molecular weight is 727 g/mol. The number of anilines is 3. The van der Waals surface area contributed by atoms with Gasteiger partial charge in [0.1, 0.15) is 11.2 Å². The summed E-state index contributed by atoms with van der Waals surface area (Å²) in [6.07, 6.45) is 0. The number of rotatable bonds is 6. The first kappa shape index (κ1) is 31.7. The highest BCUT2D eigenvalue weighted by molar-refractivity contribution is 6.23. The molecule has 0 atom stereocenters. The lowest BCUT2D eigenvalue weighted by Gasteiger charge is -2.26. The Morgan fingerprint density at radius 3 is 1.49 bits per heavy atom. The Morgan fingerprint density at radius 2 is 0.807 bits per heavy atom. The maximum atomic E-state index is 6.62. The van der Waals surface area contributed by atoms with Crippen LogP contribution in [0, 0.1) is 0 Å². The zero-order chi connectivity index (χ0) is 37.5. The zero-order valence-electron chi connectivity index (χ0n) is 30.9. The van der Waals surface area contributed by atoms with Gasteiger partial charge in [0, 0.05) is 55.4 Å². The number of nitrogens with zero attached hydrogens (tertiary/aromatic N) is 2. The highest BCUT2D eigenvalue weighted by Gasteiger charge is 2.19. The molecule has 3 aromatic heterocycles. The highest BCUT2D eigenvalue weighted by Crippen LogP contribution is 2.43. The van der Waals surface area contributed by atoms with Gasteiger partial charge in [0.05, 0.1) is 16.6 Å². The number of para-hydroxylation sites is 2. The second kappa shape index (κ2) is 12.5. The molecular formula is C54H34N2O. The molecule has 9 aromatic carbocycles. The fraction of sp³-hybridized carbons (Fsp3) is 0. The minimum absolute atomic E-state index is 0.860. The predicted octanol–water partition coefficient (Wildman–Crippen LogP) is 15.2. The fourth-order valence-electron chi connectivity index (χ4n) is 9.01. The van der Waals surface area contributed by atoms with E-state index in [2.05, 4.69) is 216 Å². The van der Waals surface area contributed by atoms with Gasteiger partial charge in [0.25, 0.3) is 0 Å². The summed E-state index contributed by atoms with van der Waals surface area (Å²) in [4.78, 5) is 2.31. The number of benzene rings is 9. The Bertz CT molecular complexity index is 3350. The van der Waals surface area contributed by atoms with Gasteiger partial charge in [-0.1, -0.05) is 133 Å². The number of furan rings is 1. The van der Waals surface area contributed by atoms with Crippen molar-refractivity contribution in [3.63, 3.8) is 0 Å². The minimum Gasteiger partial charge on any atom is -0.456 e. The largest absolute Gasteiger partial charge is 0.456 e. The van der Waals surface area contributed by atoms with Crippen molar-refractivity contribution in [2.75, 3.05) is 4.90 Å². The monoisotopic (exact) mass is 726 g/mol. The van der Waals surface area contributed by atoms with E-state index in [4.69, 9.17) is 4.42 Å². The van der Waals surface area contributed by atoms with Gasteiger partial charge in [0.2, 0.25) is 0 Å². The lowest BCUT2D eigenvalue weighted by atomic mass is 10.00. The van der Waals surface area contributed by atoms with Crippen LogP contribution in [0.15, 0.2) is 211 Å². The first-order chi connectivity index (χ1) is 28.2. The average Bonchev–Trinajstić information content (AvgIpc) is 3.94. The molecule has 0 bridgehead atoms. The standard InChI is InChI=1S/C54H34N2O/c1-3-10-35(11-4-1)37-18-24-41(25-19-37)55(42-26-20-38(21-27-42)36-12-5-2-6-13-36)43-28-29-45-49-33-40(23-31-52(49)57-53(45)34-43)39-22-30-51-48(32-39)47-16-9-15-46-44-14-7-8-17-50(44)56(51)54(46)47/h1-34H. The number of fused-ring (bicyclic) bond motifs is 9. The normalized spacial score (nSPS) is 11.9. The summed E-state index contributed by atoms with van der Waals surface area (Å²) in [5, 5.41) is 7.38. The van der Waals surface area contributed by atoms with Gasteiger partial charge < -0.3 is 13.7 Å². The SMILES string of the molecule is c1ccc(-c2ccc(N(c3ccc(-c4ccccc4)cc3)c3ccc4c(c3)oc3ccc(-c5ccc6c(c5)c5cccc7c8ccccc8n6c75)cc34)cc2)cc1. The van der Waals surface area contributed by atoms with E-state index in [1.54, 1.807) is 0 Å². The maximum absolute atomic E-state index is 6.62. The van der Waals surface area contributed by atoms with E-state index in [0.717, 1.165) is 39.0 Å². The molecule has 3 heterocycles. The molecule has 0 fully saturated rings. The lowest BCUT2D eigenvalue weighted by molar-refractivity contribution is 0.669. The zero-order valence-corrected chi connectivity index (χ0v) is 30.9. The van der Waals surface area contributed by atoms with Crippen molar-refractivity contribution in [3.8, 4) is 33.4 Å². The van der Waals surface area contributed by atoms with E-state index in [9.17, 15) is 0 Å². The lowest BCUT2D eigenvalue weighted by Crippen LogP contribution is -2.09. The third-order valence-corrected chi connectivity index (χ3v) is 11.7. The first-order valence-electron chi connectivity index (χ1n) is 19.5. The van der Waals surface area contributed by atoms with Gasteiger partial charge in [0.15, 0.2) is 0 Å². The van der Waals surface area contributed by atoms with Gasteiger partial charge in [-0.15, -0.1) is 0 Å². The van der Waals surface area contributed by atoms with Gasteiger partial charge >= 0.3 is 0 Å². The first-order valence-corrected chi connectivity index (χ1v) is 19.5. The molecule has 57 heavy (non-hydrogen) atoms. The van der Waals surface area contributed by atoms with Crippen LogP contribution in [0.1, 0.15) is 0 Å². The summed E-state index contributed by atoms with van der Waals surface area (Å²) < 4.78 is 9.05. The molecule has 266 valence electrons. The molecule has 0 aliphatic heterocycles. The summed E-state index contributed by atoms with van der Waals surface area (Å²) in [5.41, 5.74) is 15.8. The molecule has 0 amide bonds. The maximum Gasteiger partial charge on any atom is 0.137 e. The van der Waals surface area contributed by atoms with Crippen molar-refractivity contribution in [2.45, 2.75) is 0 Å². The third kappa shape index (κ3) is 4.99. The van der Waals surface area contributed by atoms with Crippen molar-refractivity contribution in [2.24, 2.45) is 0 Å². The molecule has 3 heteroatoms. The molecule has 0 saturated carbocycles. The summed E-state index contributed by atoms with van der Waals surface area (Å²) >= 11 is 0. The Morgan fingerprint density at radius 1 is 0.298 bits per heavy atom. The van der Waals surface area contributed by atoms with Gasteiger partial charge in [-0.3, -0.25) is 0 Å². The van der Waals surface area contributed by atoms with Crippen LogP contribution in [0.5, 0.6) is 0 Å². The Labute approximate surface area is 329 Å². The summed E-state index contributed by atoms with van der Waals surface area (Å²) in [5.74, 6) is 0. The molecule has 12 aromatic rings. The van der Waals surface area contributed by atoms with Crippen LogP contribution in [-0.4, -0.2) is 4.40 Å². The molecule has 0 N–H and O–H groups in total. The second-order valence-corrected chi connectivity index (χ2v) is 14.9. The van der Waals surface area contributed by atoms with Crippen LogP contribution in [-0.2, 0) is 0 Å². The summed E-state index contributed by atoms with van der Waals surface area (Å²) in [7, 11) is 0. The van der Waals surface area contributed by atoms with Gasteiger partial charge in [-0.2, -0.15) is 0 Å². The van der Waals surface area contributed by atoms with Gasteiger partial charge in [-0.25, -0.2) is 0 Å². The van der Waals surface area contributed by atoms with Crippen molar-refractivity contribution in [1.29, 1.82) is 0 Å². The van der Waals surface area contributed by atoms with Crippen LogP contribution in [0.25, 0.3) is 93.4 Å². The van der Waals surface area contributed by atoms with Crippen LogP contribution in [0.4, 0.5) is 17.1 Å².